The first-order valence-electron chi connectivity index (χ1n) is 4.85. The molecule has 0 aliphatic heterocycles. The van der Waals surface area contributed by atoms with Gasteiger partial charge in [-0.3, -0.25) is 4.79 Å². The first-order valence-corrected chi connectivity index (χ1v) is 4.85. The summed E-state index contributed by atoms with van der Waals surface area (Å²) in [6, 6.07) is 0. The van der Waals surface area contributed by atoms with Gasteiger partial charge in [0.1, 0.15) is 5.54 Å². The topological polar surface area (TPSA) is 52.3 Å². The van der Waals surface area contributed by atoms with E-state index in [9.17, 15) is 4.79 Å². The lowest BCUT2D eigenvalue weighted by Gasteiger charge is -2.29. The molecule has 14 heavy (non-hydrogen) atoms. The Hall–Kier alpha value is -0.830. The molecule has 0 aliphatic carbocycles. The quantitative estimate of drug-likeness (QED) is 0.555. The van der Waals surface area contributed by atoms with Crippen LogP contribution in [0.1, 0.15) is 34.1 Å². The van der Waals surface area contributed by atoms with E-state index in [1.807, 2.05) is 33.8 Å². The van der Waals surface area contributed by atoms with Crippen molar-refractivity contribution in [3.63, 3.8) is 0 Å². The molecule has 0 radical (unpaired) electrons. The Morgan fingerprint density at radius 1 is 1.50 bits per heavy atom. The van der Waals surface area contributed by atoms with E-state index in [1.54, 1.807) is 0 Å². The van der Waals surface area contributed by atoms with Crippen LogP contribution in [0.15, 0.2) is 11.6 Å². The molecule has 0 bridgehead atoms. The van der Waals surface area contributed by atoms with Crippen molar-refractivity contribution in [1.29, 1.82) is 0 Å². The zero-order valence-corrected chi connectivity index (χ0v) is 9.76. The van der Waals surface area contributed by atoms with Gasteiger partial charge >= 0.3 is 5.97 Å². The highest BCUT2D eigenvalue weighted by molar-refractivity contribution is 5.81. The van der Waals surface area contributed by atoms with Crippen LogP contribution < -0.4 is 5.73 Å². The summed E-state index contributed by atoms with van der Waals surface area (Å²) in [7, 11) is 1.37. The van der Waals surface area contributed by atoms with Gasteiger partial charge in [0.15, 0.2) is 0 Å². The number of nitrogens with two attached hydrogens (primary N) is 1. The summed E-state index contributed by atoms with van der Waals surface area (Å²) in [5.41, 5.74) is 6.28. The Morgan fingerprint density at radius 2 is 2.00 bits per heavy atom. The van der Waals surface area contributed by atoms with E-state index in [-0.39, 0.29) is 11.9 Å². The van der Waals surface area contributed by atoms with E-state index in [4.69, 9.17) is 10.5 Å². The Bertz CT molecular complexity index is 229. The summed E-state index contributed by atoms with van der Waals surface area (Å²) in [4.78, 5) is 11.5. The summed E-state index contributed by atoms with van der Waals surface area (Å²) in [6.45, 7) is 7.82. The van der Waals surface area contributed by atoms with Crippen molar-refractivity contribution < 1.29 is 9.53 Å². The molecular formula is C11H21NO2. The maximum absolute atomic E-state index is 11.5. The number of rotatable bonds is 4. The molecule has 0 saturated carbocycles. The number of allylic oxidation sites excluding steroid dienone is 1. The van der Waals surface area contributed by atoms with Crippen molar-refractivity contribution in [2.24, 2.45) is 11.7 Å². The van der Waals surface area contributed by atoms with Crippen molar-refractivity contribution in [3.8, 4) is 0 Å². The summed E-state index contributed by atoms with van der Waals surface area (Å²) in [6.07, 6.45) is 2.50. The Morgan fingerprint density at radius 3 is 2.29 bits per heavy atom. The van der Waals surface area contributed by atoms with Crippen LogP contribution in [0.2, 0.25) is 0 Å². The molecule has 0 rings (SSSR count). The highest BCUT2D eigenvalue weighted by Gasteiger charge is 2.37. The number of hydrogen-bond acceptors (Lipinski definition) is 3. The average Bonchev–Trinajstić information content (AvgIpc) is 2.12. The van der Waals surface area contributed by atoms with Crippen LogP contribution in [0.4, 0.5) is 0 Å². The summed E-state index contributed by atoms with van der Waals surface area (Å²) in [5.74, 6) is -0.282. The second kappa shape index (κ2) is 5.15. The van der Waals surface area contributed by atoms with Crippen LogP contribution in [0.25, 0.3) is 0 Å². The third-order valence-electron chi connectivity index (χ3n) is 2.44. The molecule has 0 saturated heterocycles. The molecule has 3 nitrogen and oxygen atoms in total. The zero-order valence-electron chi connectivity index (χ0n) is 9.76. The molecule has 0 unspecified atom stereocenters. The second-order valence-corrected chi connectivity index (χ2v) is 4.17. The van der Waals surface area contributed by atoms with Gasteiger partial charge in [0.2, 0.25) is 0 Å². The van der Waals surface area contributed by atoms with E-state index >= 15 is 0 Å². The first kappa shape index (κ1) is 13.2. The predicted molar refractivity (Wildman–Crippen MR) is 57.8 cm³/mol. The standard InChI is InChI=1S/C11H21NO2/c1-8(2)6-7-11(12,9(3)4)10(13)14-5/h6,9H,7,12H2,1-5H3/t11-/m1/s1. The maximum Gasteiger partial charge on any atom is 0.326 e. The second-order valence-electron chi connectivity index (χ2n) is 4.17. The van der Waals surface area contributed by atoms with Crippen LogP contribution >= 0.6 is 0 Å². The minimum absolute atomic E-state index is 0.0607. The van der Waals surface area contributed by atoms with Gasteiger partial charge in [-0.1, -0.05) is 25.5 Å². The van der Waals surface area contributed by atoms with Gasteiger partial charge in [-0.15, -0.1) is 0 Å². The number of ether oxygens (including phenoxy) is 1. The van der Waals surface area contributed by atoms with Crippen LogP contribution in [0.3, 0.4) is 0 Å². The van der Waals surface area contributed by atoms with Gasteiger partial charge in [-0.25, -0.2) is 0 Å². The monoisotopic (exact) mass is 199 g/mol. The number of hydrogen-bond donors (Lipinski definition) is 1. The lowest BCUT2D eigenvalue weighted by atomic mass is 9.84. The Labute approximate surface area is 86.3 Å². The fourth-order valence-electron chi connectivity index (χ4n) is 1.12. The van der Waals surface area contributed by atoms with E-state index in [0.29, 0.717) is 6.42 Å². The van der Waals surface area contributed by atoms with Gasteiger partial charge in [-0.2, -0.15) is 0 Å². The molecule has 0 spiro atoms. The van der Waals surface area contributed by atoms with Gasteiger partial charge < -0.3 is 10.5 Å². The van der Waals surface area contributed by atoms with Crippen molar-refractivity contribution in [2.45, 2.75) is 39.7 Å². The lowest BCUT2D eigenvalue weighted by molar-refractivity contribution is -0.148. The summed E-state index contributed by atoms with van der Waals surface area (Å²) >= 11 is 0. The Balaban J connectivity index is 4.73. The normalized spacial score (nSPS) is 14.8. The van der Waals surface area contributed by atoms with Gasteiger partial charge in [-0.05, 0) is 26.2 Å². The molecule has 0 aromatic heterocycles. The van der Waals surface area contributed by atoms with E-state index in [2.05, 4.69) is 0 Å². The molecular weight excluding hydrogens is 178 g/mol. The molecule has 0 aliphatic rings. The Kier molecular flexibility index (Phi) is 4.85. The number of methoxy groups -OCH3 is 1. The van der Waals surface area contributed by atoms with Crippen molar-refractivity contribution >= 4 is 5.97 Å². The van der Waals surface area contributed by atoms with E-state index < -0.39 is 5.54 Å². The van der Waals surface area contributed by atoms with Crippen molar-refractivity contribution in [2.75, 3.05) is 7.11 Å². The summed E-state index contributed by atoms with van der Waals surface area (Å²) < 4.78 is 4.72. The van der Waals surface area contributed by atoms with Crippen LogP contribution in [-0.2, 0) is 9.53 Å². The minimum atomic E-state index is -0.897. The SMILES string of the molecule is COC(=O)[C@@](N)(CC=C(C)C)C(C)C. The smallest absolute Gasteiger partial charge is 0.326 e. The molecule has 3 heteroatoms. The van der Waals surface area contributed by atoms with Crippen LogP contribution in [0, 0.1) is 5.92 Å². The van der Waals surface area contributed by atoms with Crippen molar-refractivity contribution in [1.82, 2.24) is 0 Å². The average molecular weight is 199 g/mol. The molecule has 82 valence electrons. The van der Waals surface area contributed by atoms with Crippen LogP contribution in [-0.4, -0.2) is 18.6 Å². The predicted octanol–water partition coefficient (Wildman–Crippen LogP) is 1.87. The van der Waals surface area contributed by atoms with Gasteiger partial charge in [0.05, 0.1) is 7.11 Å². The first-order chi connectivity index (χ1) is 6.34. The largest absolute Gasteiger partial charge is 0.468 e. The van der Waals surface area contributed by atoms with Gasteiger partial charge in [0.25, 0.3) is 0 Å². The third-order valence-corrected chi connectivity index (χ3v) is 2.44. The van der Waals surface area contributed by atoms with Crippen molar-refractivity contribution in [3.05, 3.63) is 11.6 Å². The fraction of sp³-hybridized carbons (Fsp3) is 0.727. The molecule has 0 amide bonds. The zero-order chi connectivity index (χ0) is 11.4. The molecule has 0 fully saturated rings. The number of carbonyl (C=O) groups excluding carboxylic acids is 1. The van der Waals surface area contributed by atoms with E-state index in [1.165, 1.54) is 7.11 Å². The molecule has 2 N–H and O–H groups in total. The fourth-order valence-corrected chi connectivity index (χ4v) is 1.12. The number of esters is 1. The van der Waals surface area contributed by atoms with Crippen LogP contribution in [0.5, 0.6) is 0 Å². The highest BCUT2D eigenvalue weighted by atomic mass is 16.5. The highest BCUT2D eigenvalue weighted by Crippen LogP contribution is 2.21. The summed E-state index contributed by atoms with van der Waals surface area (Å²) in [5, 5.41) is 0. The molecule has 0 aromatic carbocycles. The van der Waals surface area contributed by atoms with Gasteiger partial charge in [0, 0.05) is 0 Å². The molecule has 1 atom stereocenters. The lowest BCUT2D eigenvalue weighted by Crippen LogP contribution is -2.52. The molecule has 0 aromatic rings. The minimum Gasteiger partial charge on any atom is -0.468 e. The molecule has 0 heterocycles. The third kappa shape index (κ3) is 3.14. The number of carbonyl (C=O) groups is 1. The van der Waals surface area contributed by atoms with E-state index in [0.717, 1.165) is 5.57 Å². The maximum atomic E-state index is 11.5.